The number of hydrogen-bond acceptors (Lipinski definition) is 2. The molecule has 0 fully saturated rings. The van der Waals surface area contributed by atoms with Gasteiger partial charge in [0.2, 0.25) is 0 Å². The zero-order valence-corrected chi connectivity index (χ0v) is 7.44. The Balaban J connectivity index is 2.52. The second kappa shape index (κ2) is 2.45. The Morgan fingerprint density at radius 2 is 2.27 bits per heavy atom. The third-order valence-electron chi connectivity index (χ3n) is 2.11. The SMILES string of the molecule is Cc1ccc2c(c1)N(S)CC2. The molecule has 1 aliphatic rings. The molecule has 0 aliphatic carbocycles. The fourth-order valence-corrected chi connectivity index (χ4v) is 1.76. The largest absolute Gasteiger partial charge is 0.318 e. The lowest BCUT2D eigenvalue weighted by atomic mass is 10.1. The highest BCUT2D eigenvalue weighted by atomic mass is 32.1. The summed E-state index contributed by atoms with van der Waals surface area (Å²) >= 11 is 4.35. The van der Waals surface area contributed by atoms with Gasteiger partial charge < -0.3 is 4.31 Å². The molecule has 0 spiro atoms. The zero-order valence-electron chi connectivity index (χ0n) is 6.54. The van der Waals surface area contributed by atoms with E-state index in [9.17, 15) is 0 Å². The Morgan fingerprint density at radius 3 is 3.09 bits per heavy atom. The number of benzene rings is 1. The molecular weight excluding hydrogens is 154 g/mol. The molecule has 1 nitrogen and oxygen atoms in total. The van der Waals surface area contributed by atoms with Crippen LogP contribution in [0.1, 0.15) is 11.1 Å². The maximum absolute atomic E-state index is 4.35. The van der Waals surface area contributed by atoms with E-state index in [0.717, 1.165) is 13.0 Å². The Bertz CT molecular complexity index is 283. The first-order valence-electron chi connectivity index (χ1n) is 3.83. The van der Waals surface area contributed by atoms with Crippen LogP contribution in [-0.4, -0.2) is 6.54 Å². The molecule has 11 heavy (non-hydrogen) atoms. The van der Waals surface area contributed by atoms with E-state index in [1.165, 1.54) is 16.8 Å². The second-order valence-corrected chi connectivity index (χ2v) is 3.49. The zero-order chi connectivity index (χ0) is 7.84. The van der Waals surface area contributed by atoms with Crippen LogP contribution in [0.2, 0.25) is 0 Å². The Labute approximate surface area is 72.6 Å². The van der Waals surface area contributed by atoms with Crippen LogP contribution in [0.3, 0.4) is 0 Å². The van der Waals surface area contributed by atoms with Gasteiger partial charge in [-0.25, -0.2) is 0 Å². The van der Waals surface area contributed by atoms with Gasteiger partial charge in [0.1, 0.15) is 0 Å². The van der Waals surface area contributed by atoms with Gasteiger partial charge in [-0.15, -0.1) is 0 Å². The van der Waals surface area contributed by atoms with Crippen LogP contribution in [0.15, 0.2) is 18.2 Å². The van der Waals surface area contributed by atoms with Gasteiger partial charge in [-0.05, 0) is 30.5 Å². The lowest BCUT2D eigenvalue weighted by Crippen LogP contribution is -2.04. The van der Waals surface area contributed by atoms with Gasteiger partial charge in [-0.1, -0.05) is 24.9 Å². The quantitative estimate of drug-likeness (QED) is 0.577. The molecule has 0 aromatic heterocycles. The summed E-state index contributed by atoms with van der Waals surface area (Å²) in [6, 6.07) is 6.54. The molecule has 0 atom stereocenters. The van der Waals surface area contributed by atoms with Crippen LogP contribution >= 0.6 is 12.8 Å². The second-order valence-electron chi connectivity index (χ2n) is 3.01. The lowest BCUT2D eigenvalue weighted by Gasteiger charge is -2.09. The van der Waals surface area contributed by atoms with E-state index in [0.29, 0.717) is 0 Å². The Kier molecular flexibility index (Phi) is 1.57. The van der Waals surface area contributed by atoms with Crippen LogP contribution < -0.4 is 4.31 Å². The molecule has 0 radical (unpaired) electrons. The number of rotatable bonds is 0. The third-order valence-corrected chi connectivity index (χ3v) is 2.53. The minimum absolute atomic E-state index is 1.04. The van der Waals surface area contributed by atoms with E-state index >= 15 is 0 Å². The lowest BCUT2D eigenvalue weighted by molar-refractivity contribution is 1.06. The molecule has 1 aromatic carbocycles. The van der Waals surface area contributed by atoms with Crippen molar-refractivity contribution in [2.24, 2.45) is 0 Å². The number of thiol groups is 1. The maximum Gasteiger partial charge on any atom is 0.0502 e. The molecule has 0 amide bonds. The van der Waals surface area contributed by atoms with Crippen molar-refractivity contribution in [3.8, 4) is 0 Å². The van der Waals surface area contributed by atoms with Crippen LogP contribution in [0.4, 0.5) is 5.69 Å². The Morgan fingerprint density at radius 1 is 1.45 bits per heavy atom. The first-order chi connectivity index (χ1) is 5.27. The summed E-state index contributed by atoms with van der Waals surface area (Å²) in [5.41, 5.74) is 4.02. The first-order valence-corrected chi connectivity index (χ1v) is 4.23. The third kappa shape index (κ3) is 1.11. The minimum atomic E-state index is 1.04. The molecule has 1 heterocycles. The van der Waals surface area contributed by atoms with E-state index in [-0.39, 0.29) is 0 Å². The fourth-order valence-electron chi connectivity index (χ4n) is 1.47. The Hall–Kier alpha value is -0.630. The molecule has 0 saturated carbocycles. The van der Waals surface area contributed by atoms with Crippen LogP contribution in [0, 0.1) is 6.92 Å². The van der Waals surface area contributed by atoms with E-state index < -0.39 is 0 Å². The number of nitrogens with zero attached hydrogens (tertiary/aromatic N) is 1. The van der Waals surface area contributed by atoms with Crippen molar-refractivity contribution >= 4 is 18.5 Å². The fraction of sp³-hybridized carbons (Fsp3) is 0.333. The van der Waals surface area contributed by atoms with Gasteiger partial charge in [-0.2, -0.15) is 0 Å². The molecule has 2 rings (SSSR count). The average molecular weight is 165 g/mol. The minimum Gasteiger partial charge on any atom is -0.318 e. The van der Waals surface area contributed by atoms with E-state index in [1.807, 2.05) is 4.31 Å². The van der Waals surface area contributed by atoms with Crippen molar-refractivity contribution in [2.45, 2.75) is 13.3 Å². The van der Waals surface area contributed by atoms with Crippen LogP contribution in [-0.2, 0) is 6.42 Å². The summed E-state index contributed by atoms with van der Waals surface area (Å²) in [6.45, 7) is 3.15. The smallest absolute Gasteiger partial charge is 0.0502 e. The van der Waals surface area contributed by atoms with Crippen molar-refractivity contribution < 1.29 is 0 Å². The predicted molar refractivity (Wildman–Crippen MR) is 51.2 cm³/mol. The van der Waals surface area contributed by atoms with Crippen molar-refractivity contribution in [2.75, 3.05) is 10.8 Å². The average Bonchev–Trinajstić information content (AvgIpc) is 2.33. The van der Waals surface area contributed by atoms with Gasteiger partial charge in [-0.3, -0.25) is 0 Å². The predicted octanol–water partition coefficient (Wildman–Crippen LogP) is 2.20. The summed E-state index contributed by atoms with van der Waals surface area (Å²) in [5.74, 6) is 0. The van der Waals surface area contributed by atoms with E-state index in [4.69, 9.17) is 0 Å². The highest BCUT2D eigenvalue weighted by Gasteiger charge is 2.15. The monoisotopic (exact) mass is 165 g/mol. The highest BCUT2D eigenvalue weighted by molar-refractivity contribution is 7.81. The van der Waals surface area contributed by atoms with Crippen molar-refractivity contribution in [1.29, 1.82) is 0 Å². The number of anilines is 1. The summed E-state index contributed by atoms with van der Waals surface area (Å²) in [5, 5.41) is 0. The summed E-state index contributed by atoms with van der Waals surface area (Å²) in [4.78, 5) is 0. The van der Waals surface area contributed by atoms with Crippen LogP contribution in [0.25, 0.3) is 0 Å². The number of fused-ring (bicyclic) bond motifs is 1. The summed E-state index contributed by atoms with van der Waals surface area (Å²) in [7, 11) is 0. The molecule has 1 aliphatic heterocycles. The molecule has 1 aromatic rings. The van der Waals surface area contributed by atoms with Crippen LogP contribution in [0.5, 0.6) is 0 Å². The van der Waals surface area contributed by atoms with Gasteiger partial charge in [0.25, 0.3) is 0 Å². The first kappa shape index (κ1) is 7.04. The number of aryl methyl sites for hydroxylation is 1. The topological polar surface area (TPSA) is 3.24 Å². The van der Waals surface area contributed by atoms with Gasteiger partial charge in [0.15, 0.2) is 0 Å². The van der Waals surface area contributed by atoms with Crippen molar-refractivity contribution in [1.82, 2.24) is 0 Å². The molecule has 0 unspecified atom stereocenters. The van der Waals surface area contributed by atoms with Gasteiger partial charge >= 0.3 is 0 Å². The van der Waals surface area contributed by atoms with Gasteiger partial charge in [0, 0.05) is 6.54 Å². The molecule has 0 bridgehead atoms. The van der Waals surface area contributed by atoms with Crippen molar-refractivity contribution in [3.63, 3.8) is 0 Å². The van der Waals surface area contributed by atoms with Crippen molar-refractivity contribution in [3.05, 3.63) is 29.3 Å². The number of hydrogen-bond donors (Lipinski definition) is 1. The molecule has 0 saturated heterocycles. The van der Waals surface area contributed by atoms with E-state index in [2.05, 4.69) is 37.9 Å². The molecule has 2 heteroatoms. The summed E-state index contributed by atoms with van der Waals surface area (Å²) < 4.78 is 2.02. The van der Waals surface area contributed by atoms with E-state index in [1.54, 1.807) is 0 Å². The maximum atomic E-state index is 4.35. The summed E-state index contributed by atoms with van der Waals surface area (Å²) in [6.07, 6.45) is 1.14. The normalized spacial score (nSPS) is 15.3. The molecule has 0 N–H and O–H groups in total. The molecular formula is C9H11NS. The van der Waals surface area contributed by atoms with Gasteiger partial charge in [0.05, 0.1) is 5.69 Å². The molecule has 58 valence electrons. The standard InChI is InChI=1S/C9H11NS/c1-7-2-3-8-4-5-10(11)9(8)6-7/h2-3,6,11H,4-5H2,1H3. The highest BCUT2D eigenvalue weighted by Crippen LogP contribution is 2.29.